The highest BCUT2D eigenvalue weighted by Gasteiger charge is 2.14. The van der Waals surface area contributed by atoms with Gasteiger partial charge < -0.3 is 10.1 Å². The maximum absolute atomic E-state index is 5.37. The lowest BCUT2D eigenvalue weighted by Gasteiger charge is -2.29. The van der Waals surface area contributed by atoms with Crippen molar-refractivity contribution in [3.63, 3.8) is 0 Å². The number of hydrogen-bond acceptors (Lipinski definition) is 5. The molecule has 5 heteroatoms. The third-order valence-corrected chi connectivity index (χ3v) is 4.28. The van der Waals surface area contributed by atoms with E-state index in [9.17, 15) is 0 Å². The molecule has 2 aromatic heterocycles. The maximum atomic E-state index is 5.37. The molecule has 0 bridgehead atoms. The molecular formula is C14H19N3OS. The number of rotatable bonds is 4. The summed E-state index contributed by atoms with van der Waals surface area (Å²) < 4.78 is 6.66. The van der Waals surface area contributed by atoms with Crippen LogP contribution in [-0.4, -0.2) is 48.8 Å². The Hall–Kier alpha value is -1.17. The van der Waals surface area contributed by atoms with Gasteiger partial charge in [0, 0.05) is 42.0 Å². The molecule has 1 fully saturated rings. The van der Waals surface area contributed by atoms with Gasteiger partial charge in [-0.15, -0.1) is 11.3 Å². The van der Waals surface area contributed by atoms with Gasteiger partial charge in [-0.1, -0.05) is 0 Å². The van der Waals surface area contributed by atoms with Gasteiger partial charge in [0.1, 0.15) is 5.82 Å². The number of morpholine rings is 1. The lowest BCUT2D eigenvalue weighted by Crippen LogP contribution is -2.42. The second kappa shape index (κ2) is 5.86. The molecule has 4 nitrogen and oxygen atoms in total. The van der Waals surface area contributed by atoms with E-state index in [0.717, 1.165) is 38.7 Å². The van der Waals surface area contributed by atoms with E-state index in [4.69, 9.17) is 4.74 Å². The van der Waals surface area contributed by atoms with Gasteiger partial charge in [0.05, 0.1) is 13.2 Å². The van der Waals surface area contributed by atoms with E-state index < -0.39 is 0 Å². The van der Waals surface area contributed by atoms with Crippen molar-refractivity contribution in [1.29, 1.82) is 0 Å². The van der Waals surface area contributed by atoms with Crippen LogP contribution in [0.5, 0.6) is 0 Å². The number of nitrogens with zero attached hydrogens (tertiary/aromatic N) is 2. The molecule has 102 valence electrons. The molecule has 0 aromatic carbocycles. The topological polar surface area (TPSA) is 37.4 Å². The summed E-state index contributed by atoms with van der Waals surface area (Å²) in [5, 5.41) is 6.87. The van der Waals surface area contributed by atoms with Crippen LogP contribution in [0.15, 0.2) is 23.7 Å². The van der Waals surface area contributed by atoms with Crippen molar-refractivity contribution in [1.82, 2.24) is 9.88 Å². The Morgan fingerprint density at radius 1 is 1.42 bits per heavy atom. The van der Waals surface area contributed by atoms with Crippen LogP contribution in [0.1, 0.15) is 6.92 Å². The molecule has 1 aliphatic rings. The number of thiophene rings is 1. The number of fused-ring (bicyclic) bond motifs is 1. The molecule has 0 amide bonds. The van der Waals surface area contributed by atoms with Crippen molar-refractivity contribution < 1.29 is 4.74 Å². The van der Waals surface area contributed by atoms with Crippen molar-refractivity contribution in [3.8, 4) is 0 Å². The van der Waals surface area contributed by atoms with Crippen molar-refractivity contribution in [2.75, 3.05) is 38.2 Å². The Bertz CT molecular complexity index is 536. The van der Waals surface area contributed by atoms with Crippen molar-refractivity contribution in [2.24, 2.45) is 0 Å². The minimum atomic E-state index is 0.385. The molecule has 1 saturated heterocycles. The largest absolute Gasteiger partial charge is 0.379 e. The molecule has 1 atom stereocenters. The average Bonchev–Trinajstić information content (AvgIpc) is 2.89. The van der Waals surface area contributed by atoms with Crippen LogP contribution in [0.4, 0.5) is 5.82 Å². The second-order valence-corrected chi connectivity index (χ2v) is 5.90. The predicted molar refractivity (Wildman–Crippen MR) is 80.0 cm³/mol. The molecule has 0 spiro atoms. The van der Waals surface area contributed by atoms with Crippen LogP contribution in [0.3, 0.4) is 0 Å². The SMILES string of the molecule is CC(CN1CCOCC1)Nc1nccc2sccc12. The summed E-state index contributed by atoms with van der Waals surface area (Å²) in [5.41, 5.74) is 0. The highest BCUT2D eigenvalue weighted by molar-refractivity contribution is 7.17. The molecule has 0 saturated carbocycles. The van der Waals surface area contributed by atoms with Gasteiger partial charge in [0.2, 0.25) is 0 Å². The number of aromatic nitrogens is 1. The van der Waals surface area contributed by atoms with E-state index in [1.165, 1.54) is 10.1 Å². The zero-order valence-electron chi connectivity index (χ0n) is 11.1. The molecule has 1 unspecified atom stereocenters. The Labute approximate surface area is 117 Å². The van der Waals surface area contributed by atoms with E-state index in [1.54, 1.807) is 11.3 Å². The first-order valence-corrected chi connectivity index (χ1v) is 7.60. The number of nitrogens with one attached hydrogen (secondary N) is 1. The molecular weight excluding hydrogens is 258 g/mol. The summed E-state index contributed by atoms with van der Waals surface area (Å²) in [6.07, 6.45) is 1.88. The summed E-state index contributed by atoms with van der Waals surface area (Å²) in [6, 6.07) is 4.59. The molecule has 3 heterocycles. The third-order valence-electron chi connectivity index (χ3n) is 3.40. The maximum Gasteiger partial charge on any atom is 0.134 e. The first-order valence-electron chi connectivity index (χ1n) is 6.72. The quantitative estimate of drug-likeness (QED) is 0.931. The van der Waals surface area contributed by atoms with Gasteiger partial charge >= 0.3 is 0 Å². The highest BCUT2D eigenvalue weighted by Crippen LogP contribution is 2.26. The predicted octanol–water partition coefficient (Wildman–Crippen LogP) is 2.43. The summed E-state index contributed by atoms with van der Waals surface area (Å²) >= 11 is 1.76. The molecule has 19 heavy (non-hydrogen) atoms. The van der Waals surface area contributed by atoms with Gasteiger partial charge in [0.25, 0.3) is 0 Å². The highest BCUT2D eigenvalue weighted by atomic mass is 32.1. The van der Waals surface area contributed by atoms with Gasteiger partial charge in [-0.25, -0.2) is 4.98 Å². The molecule has 1 aliphatic heterocycles. The fraction of sp³-hybridized carbons (Fsp3) is 0.500. The molecule has 0 radical (unpaired) electrons. The van der Waals surface area contributed by atoms with Crippen LogP contribution < -0.4 is 5.32 Å². The van der Waals surface area contributed by atoms with Crippen LogP contribution >= 0.6 is 11.3 Å². The first-order chi connectivity index (χ1) is 9.33. The van der Waals surface area contributed by atoms with E-state index in [-0.39, 0.29) is 0 Å². The van der Waals surface area contributed by atoms with Gasteiger partial charge in [0.15, 0.2) is 0 Å². The fourth-order valence-corrected chi connectivity index (χ4v) is 3.24. The summed E-state index contributed by atoms with van der Waals surface area (Å²) in [4.78, 5) is 6.90. The van der Waals surface area contributed by atoms with E-state index in [1.807, 2.05) is 6.20 Å². The monoisotopic (exact) mass is 277 g/mol. The van der Waals surface area contributed by atoms with Crippen LogP contribution in [0.25, 0.3) is 10.1 Å². The number of pyridine rings is 1. The van der Waals surface area contributed by atoms with Crippen molar-refractivity contribution >= 4 is 27.2 Å². The van der Waals surface area contributed by atoms with Crippen LogP contribution in [0, 0.1) is 0 Å². The summed E-state index contributed by atoms with van der Waals surface area (Å²) in [5.74, 6) is 1.000. The second-order valence-electron chi connectivity index (χ2n) is 4.95. The Morgan fingerprint density at radius 2 is 2.26 bits per heavy atom. The van der Waals surface area contributed by atoms with E-state index in [0.29, 0.717) is 6.04 Å². The number of ether oxygens (including phenoxy) is 1. The molecule has 1 N–H and O–H groups in total. The van der Waals surface area contributed by atoms with Crippen molar-refractivity contribution in [2.45, 2.75) is 13.0 Å². The minimum absolute atomic E-state index is 0.385. The van der Waals surface area contributed by atoms with E-state index >= 15 is 0 Å². The average molecular weight is 277 g/mol. The van der Waals surface area contributed by atoms with Gasteiger partial charge in [-0.05, 0) is 24.4 Å². The van der Waals surface area contributed by atoms with Gasteiger partial charge in [-0.2, -0.15) is 0 Å². The smallest absolute Gasteiger partial charge is 0.134 e. The fourth-order valence-electron chi connectivity index (χ4n) is 2.46. The van der Waals surface area contributed by atoms with E-state index in [2.05, 4.69) is 39.6 Å². The molecule has 2 aromatic rings. The number of hydrogen-bond donors (Lipinski definition) is 1. The van der Waals surface area contributed by atoms with Crippen molar-refractivity contribution in [3.05, 3.63) is 23.7 Å². The molecule has 0 aliphatic carbocycles. The Kier molecular flexibility index (Phi) is 3.96. The first kappa shape index (κ1) is 12.8. The lowest BCUT2D eigenvalue weighted by atomic mass is 10.2. The van der Waals surface area contributed by atoms with Crippen LogP contribution in [-0.2, 0) is 4.74 Å². The Morgan fingerprint density at radius 3 is 3.11 bits per heavy atom. The Balaban J connectivity index is 1.65. The lowest BCUT2D eigenvalue weighted by molar-refractivity contribution is 0.0368. The summed E-state index contributed by atoms with van der Waals surface area (Å²) in [7, 11) is 0. The number of anilines is 1. The normalized spacial score (nSPS) is 18.6. The summed E-state index contributed by atoms with van der Waals surface area (Å²) in [6.45, 7) is 7.01. The van der Waals surface area contributed by atoms with Gasteiger partial charge in [-0.3, -0.25) is 4.90 Å². The minimum Gasteiger partial charge on any atom is -0.379 e. The third kappa shape index (κ3) is 3.05. The zero-order chi connectivity index (χ0) is 13.1. The molecule has 3 rings (SSSR count). The van der Waals surface area contributed by atoms with Crippen LogP contribution in [0.2, 0.25) is 0 Å². The standard InChI is InChI=1S/C14H19N3OS/c1-11(10-17-5-7-18-8-6-17)16-14-12-3-9-19-13(12)2-4-15-14/h2-4,9,11H,5-8,10H2,1H3,(H,15,16). The zero-order valence-corrected chi connectivity index (χ0v) is 11.9.